The van der Waals surface area contributed by atoms with Gasteiger partial charge in [-0.05, 0) is 18.2 Å². The molecule has 4 heteroatoms. The lowest BCUT2D eigenvalue weighted by atomic mass is 10.4. The molecule has 0 aliphatic rings. The van der Waals surface area contributed by atoms with Crippen LogP contribution in [0.15, 0.2) is 27.1 Å². The fraction of sp³-hybridized carbons (Fsp3) is 0. The quantitative estimate of drug-likeness (QED) is 0.703. The van der Waals surface area contributed by atoms with Gasteiger partial charge in [0.25, 0.3) is 0 Å². The van der Waals surface area contributed by atoms with Crippen LogP contribution in [0.5, 0.6) is 0 Å². The molecule has 0 aromatic heterocycles. The minimum absolute atomic E-state index is 0. The SMILES string of the molecule is Clc1cc(Br)cc(Br)c1.O. The lowest BCUT2D eigenvalue weighted by Crippen LogP contribution is -1.66. The molecule has 2 N–H and O–H groups in total. The number of hydrogen-bond donors (Lipinski definition) is 0. The summed E-state index contributed by atoms with van der Waals surface area (Å²) in [6.07, 6.45) is 0. The summed E-state index contributed by atoms with van der Waals surface area (Å²) in [6.45, 7) is 0. The van der Waals surface area contributed by atoms with E-state index in [-0.39, 0.29) is 5.48 Å². The fourth-order valence-corrected chi connectivity index (χ4v) is 2.31. The van der Waals surface area contributed by atoms with Crippen molar-refractivity contribution in [2.24, 2.45) is 0 Å². The molecule has 0 fully saturated rings. The maximum Gasteiger partial charge on any atom is 0.0428 e. The van der Waals surface area contributed by atoms with Gasteiger partial charge >= 0.3 is 0 Å². The summed E-state index contributed by atoms with van der Waals surface area (Å²) >= 11 is 12.3. The zero-order chi connectivity index (χ0) is 6.85. The molecule has 0 aliphatic carbocycles. The van der Waals surface area contributed by atoms with E-state index >= 15 is 0 Å². The van der Waals surface area contributed by atoms with Crippen molar-refractivity contribution >= 4 is 43.5 Å². The molecular formula is C6H5Br2ClO. The molecule has 0 spiro atoms. The summed E-state index contributed by atoms with van der Waals surface area (Å²) < 4.78 is 1.98. The normalized spacial score (nSPS) is 8.70. The van der Waals surface area contributed by atoms with Crippen LogP contribution in [0, 0.1) is 0 Å². The molecule has 0 saturated carbocycles. The van der Waals surface area contributed by atoms with Gasteiger partial charge in [-0.1, -0.05) is 43.5 Å². The van der Waals surface area contributed by atoms with Crippen molar-refractivity contribution in [2.45, 2.75) is 0 Å². The van der Waals surface area contributed by atoms with Gasteiger partial charge in [-0.3, -0.25) is 0 Å². The Bertz CT molecular complexity index is 177. The first-order chi connectivity index (χ1) is 4.18. The first kappa shape index (κ1) is 10.4. The van der Waals surface area contributed by atoms with E-state index in [0.29, 0.717) is 0 Å². The minimum Gasteiger partial charge on any atom is -0.412 e. The Labute approximate surface area is 81.0 Å². The number of benzene rings is 1. The summed E-state index contributed by atoms with van der Waals surface area (Å²) in [5.74, 6) is 0. The molecular weight excluding hydrogens is 283 g/mol. The third-order valence-electron chi connectivity index (χ3n) is 0.827. The monoisotopic (exact) mass is 286 g/mol. The van der Waals surface area contributed by atoms with Crippen LogP contribution >= 0.6 is 43.5 Å². The van der Waals surface area contributed by atoms with Crippen molar-refractivity contribution in [2.75, 3.05) is 0 Å². The van der Waals surface area contributed by atoms with Gasteiger partial charge in [-0.25, -0.2) is 0 Å². The van der Waals surface area contributed by atoms with E-state index in [1.54, 1.807) is 0 Å². The van der Waals surface area contributed by atoms with Gasteiger partial charge in [-0.2, -0.15) is 0 Å². The topological polar surface area (TPSA) is 31.5 Å². The summed E-state index contributed by atoms with van der Waals surface area (Å²) in [7, 11) is 0. The lowest BCUT2D eigenvalue weighted by Gasteiger charge is -1.92. The van der Waals surface area contributed by atoms with E-state index in [2.05, 4.69) is 31.9 Å². The van der Waals surface area contributed by atoms with Crippen LogP contribution in [-0.2, 0) is 0 Å². The number of rotatable bonds is 0. The predicted molar refractivity (Wildman–Crippen MR) is 50.5 cm³/mol. The van der Waals surface area contributed by atoms with Crippen LogP contribution in [0.1, 0.15) is 0 Å². The lowest BCUT2D eigenvalue weighted by molar-refractivity contribution is 0.824. The highest BCUT2D eigenvalue weighted by Crippen LogP contribution is 2.22. The second-order valence-electron chi connectivity index (χ2n) is 1.59. The molecule has 0 amide bonds. The molecule has 0 heterocycles. The Morgan fingerprint density at radius 1 is 1.00 bits per heavy atom. The zero-order valence-corrected chi connectivity index (χ0v) is 8.79. The maximum absolute atomic E-state index is 5.69. The Morgan fingerprint density at radius 3 is 1.70 bits per heavy atom. The smallest absolute Gasteiger partial charge is 0.0428 e. The largest absolute Gasteiger partial charge is 0.412 e. The second-order valence-corrected chi connectivity index (χ2v) is 3.86. The zero-order valence-electron chi connectivity index (χ0n) is 4.87. The van der Waals surface area contributed by atoms with Crippen LogP contribution in [0.3, 0.4) is 0 Å². The average molecular weight is 288 g/mol. The third kappa shape index (κ3) is 3.01. The van der Waals surface area contributed by atoms with Gasteiger partial charge < -0.3 is 5.48 Å². The van der Waals surface area contributed by atoms with Crippen molar-refractivity contribution in [3.05, 3.63) is 32.2 Å². The third-order valence-corrected chi connectivity index (χ3v) is 1.96. The van der Waals surface area contributed by atoms with Crippen LogP contribution in [0.2, 0.25) is 5.02 Å². The minimum atomic E-state index is 0. The predicted octanol–water partition coefficient (Wildman–Crippen LogP) is 3.04. The molecule has 0 atom stereocenters. The van der Waals surface area contributed by atoms with Gasteiger partial charge in [-0.15, -0.1) is 0 Å². The summed E-state index contributed by atoms with van der Waals surface area (Å²) in [5.41, 5.74) is 0. The van der Waals surface area contributed by atoms with E-state index in [9.17, 15) is 0 Å². The molecule has 0 radical (unpaired) electrons. The Morgan fingerprint density at radius 2 is 1.40 bits per heavy atom. The summed E-state index contributed by atoms with van der Waals surface area (Å²) in [5, 5.41) is 0.733. The number of hydrogen-bond acceptors (Lipinski definition) is 0. The fourth-order valence-electron chi connectivity index (χ4n) is 0.520. The standard InChI is InChI=1S/C6H3Br2Cl.H2O/c7-4-1-5(8)3-6(9)2-4;/h1-3H;1H2. The van der Waals surface area contributed by atoms with E-state index in [0.717, 1.165) is 14.0 Å². The van der Waals surface area contributed by atoms with Crippen LogP contribution in [0.25, 0.3) is 0 Å². The molecule has 0 bridgehead atoms. The van der Waals surface area contributed by atoms with Gasteiger partial charge in [0.1, 0.15) is 0 Å². The van der Waals surface area contributed by atoms with Crippen molar-refractivity contribution in [1.29, 1.82) is 0 Å². The second kappa shape index (κ2) is 4.34. The summed E-state index contributed by atoms with van der Waals surface area (Å²) in [4.78, 5) is 0. The first-order valence-electron chi connectivity index (χ1n) is 2.30. The Kier molecular flexibility index (Phi) is 4.52. The van der Waals surface area contributed by atoms with Crippen molar-refractivity contribution in [3.8, 4) is 0 Å². The molecule has 0 unspecified atom stereocenters. The molecule has 0 aliphatic heterocycles. The van der Waals surface area contributed by atoms with Crippen molar-refractivity contribution in [1.82, 2.24) is 0 Å². The van der Waals surface area contributed by atoms with E-state index in [1.165, 1.54) is 0 Å². The summed E-state index contributed by atoms with van der Waals surface area (Å²) in [6, 6.07) is 5.62. The van der Waals surface area contributed by atoms with Crippen LogP contribution in [0.4, 0.5) is 0 Å². The van der Waals surface area contributed by atoms with E-state index in [1.807, 2.05) is 18.2 Å². The van der Waals surface area contributed by atoms with E-state index < -0.39 is 0 Å². The van der Waals surface area contributed by atoms with Crippen molar-refractivity contribution < 1.29 is 5.48 Å². The molecule has 1 aromatic rings. The highest BCUT2D eigenvalue weighted by molar-refractivity contribution is 9.11. The van der Waals surface area contributed by atoms with E-state index in [4.69, 9.17) is 11.6 Å². The van der Waals surface area contributed by atoms with Gasteiger partial charge in [0.2, 0.25) is 0 Å². The highest BCUT2D eigenvalue weighted by Gasteiger charge is 1.91. The molecule has 1 rings (SSSR count). The Hall–Kier alpha value is 0.430. The van der Waals surface area contributed by atoms with Crippen molar-refractivity contribution in [3.63, 3.8) is 0 Å². The Balaban J connectivity index is 0.000000810. The average Bonchev–Trinajstić information content (AvgIpc) is 1.59. The molecule has 1 nitrogen and oxygen atoms in total. The van der Waals surface area contributed by atoms with Gasteiger partial charge in [0, 0.05) is 14.0 Å². The van der Waals surface area contributed by atoms with Gasteiger partial charge in [0.05, 0.1) is 0 Å². The van der Waals surface area contributed by atoms with Gasteiger partial charge in [0.15, 0.2) is 0 Å². The molecule has 1 aromatic carbocycles. The number of halogens is 3. The molecule has 56 valence electrons. The van der Waals surface area contributed by atoms with Crippen LogP contribution < -0.4 is 0 Å². The maximum atomic E-state index is 5.69. The highest BCUT2D eigenvalue weighted by atomic mass is 79.9. The molecule has 0 saturated heterocycles. The van der Waals surface area contributed by atoms with Crippen LogP contribution in [-0.4, -0.2) is 5.48 Å². The molecule has 10 heavy (non-hydrogen) atoms. The first-order valence-corrected chi connectivity index (χ1v) is 4.26.